The van der Waals surface area contributed by atoms with Crippen molar-refractivity contribution in [3.05, 3.63) is 22.7 Å². The number of rotatable bonds is 0. The van der Waals surface area contributed by atoms with Crippen molar-refractivity contribution in [1.82, 2.24) is 0 Å². The number of aryl methyl sites for hydroxylation is 1. The zero-order valence-corrected chi connectivity index (χ0v) is 10.1. The van der Waals surface area contributed by atoms with E-state index in [1.165, 1.54) is 0 Å². The number of halogens is 1. The van der Waals surface area contributed by atoms with E-state index in [0.717, 1.165) is 5.56 Å². The second-order valence-electron chi connectivity index (χ2n) is 3.95. The third-order valence-corrected chi connectivity index (χ3v) is 4.62. The number of fused-ring (bicyclic) bond motifs is 1. The molecule has 1 N–H and O–H groups in total. The van der Waals surface area contributed by atoms with Crippen LogP contribution in [0, 0.1) is 6.92 Å². The highest BCUT2D eigenvalue weighted by Crippen LogP contribution is 2.35. The van der Waals surface area contributed by atoms with E-state index >= 15 is 0 Å². The molecule has 1 aliphatic rings. The monoisotopic (exact) mass is 245 g/mol. The Morgan fingerprint density at radius 1 is 1.47 bits per heavy atom. The number of nitrogens with one attached hydrogen (secondary N) is 1. The number of sulfone groups is 1. The van der Waals surface area contributed by atoms with Crippen LogP contribution in [0.1, 0.15) is 12.5 Å². The van der Waals surface area contributed by atoms with Crippen molar-refractivity contribution < 1.29 is 8.42 Å². The summed E-state index contributed by atoms with van der Waals surface area (Å²) in [6.45, 7) is 3.66. The van der Waals surface area contributed by atoms with E-state index in [1.807, 2.05) is 13.8 Å². The maximum atomic E-state index is 11.9. The second-order valence-corrected chi connectivity index (χ2v) is 6.36. The zero-order chi connectivity index (χ0) is 11.2. The zero-order valence-electron chi connectivity index (χ0n) is 8.54. The van der Waals surface area contributed by atoms with E-state index in [1.54, 1.807) is 12.1 Å². The van der Waals surface area contributed by atoms with Crippen molar-refractivity contribution in [3.63, 3.8) is 0 Å². The quantitative estimate of drug-likeness (QED) is 0.763. The average Bonchev–Trinajstić information content (AvgIpc) is 2.06. The van der Waals surface area contributed by atoms with Crippen LogP contribution in [0.15, 0.2) is 17.0 Å². The molecule has 1 aromatic carbocycles. The van der Waals surface area contributed by atoms with Crippen LogP contribution < -0.4 is 5.32 Å². The molecule has 1 heterocycles. The van der Waals surface area contributed by atoms with E-state index in [4.69, 9.17) is 11.6 Å². The summed E-state index contributed by atoms with van der Waals surface area (Å²) in [7, 11) is -3.18. The topological polar surface area (TPSA) is 46.2 Å². The molecule has 0 aromatic heterocycles. The lowest BCUT2D eigenvalue weighted by Crippen LogP contribution is -2.31. The molecule has 0 saturated carbocycles. The summed E-state index contributed by atoms with van der Waals surface area (Å²) in [6, 6.07) is 3.33. The van der Waals surface area contributed by atoms with Crippen LogP contribution in [-0.4, -0.2) is 20.2 Å². The standard InChI is InChI=1S/C10H12ClNO2S/c1-6-3-8(11)10-9(4-6)15(13,14)5-7(2)12-10/h3-4,7,12H,5H2,1-2H3. The van der Waals surface area contributed by atoms with Crippen LogP contribution >= 0.6 is 11.6 Å². The molecule has 0 amide bonds. The van der Waals surface area contributed by atoms with Gasteiger partial charge in [-0.05, 0) is 31.5 Å². The van der Waals surface area contributed by atoms with Crippen molar-refractivity contribution in [2.24, 2.45) is 0 Å². The Morgan fingerprint density at radius 3 is 2.80 bits per heavy atom. The van der Waals surface area contributed by atoms with Gasteiger partial charge in [0.1, 0.15) is 0 Å². The molecule has 3 nitrogen and oxygen atoms in total. The van der Waals surface area contributed by atoms with Gasteiger partial charge < -0.3 is 5.32 Å². The van der Waals surface area contributed by atoms with E-state index in [2.05, 4.69) is 5.32 Å². The summed E-state index contributed by atoms with van der Waals surface area (Å²) in [5.74, 6) is 0.125. The summed E-state index contributed by atoms with van der Waals surface area (Å²) in [4.78, 5) is 0.325. The van der Waals surface area contributed by atoms with Crippen LogP contribution in [-0.2, 0) is 9.84 Å². The summed E-state index contributed by atoms with van der Waals surface area (Å²) in [5.41, 5.74) is 1.40. The second kappa shape index (κ2) is 3.39. The molecule has 0 bridgehead atoms. The SMILES string of the molecule is Cc1cc(Cl)c2c(c1)S(=O)(=O)CC(C)N2. The molecular formula is C10H12ClNO2S. The largest absolute Gasteiger partial charge is 0.379 e. The Morgan fingerprint density at radius 2 is 2.13 bits per heavy atom. The van der Waals surface area contributed by atoms with E-state index in [0.29, 0.717) is 15.6 Å². The Labute approximate surface area is 94.4 Å². The third-order valence-electron chi connectivity index (χ3n) is 2.39. The molecule has 1 unspecified atom stereocenters. The van der Waals surface area contributed by atoms with Crippen molar-refractivity contribution in [2.75, 3.05) is 11.1 Å². The Bertz CT molecular complexity index is 510. The lowest BCUT2D eigenvalue weighted by molar-refractivity contribution is 0.588. The smallest absolute Gasteiger partial charge is 0.182 e. The van der Waals surface area contributed by atoms with Crippen LogP contribution in [0.5, 0.6) is 0 Å². The predicted molar refractivity (Wildman–Crippen MR) is 61.3 cm³/mol. The van der Waals surface area contributed by atoms with Gasteiger partial charge in [0, 0.05) is 6.04 Å². The van der Waals surface area contributed by atoms with E-state index in [9.17, 15) is 8.42 Å². The lowest BCUT2D eigenvalue weighted by Gasteiger charge is -2.25. The molecule has 0 saturated heterocycles. The summed E-state index contributed by atoms with van der Waals surface area (Å²) in [6.07, 6.45) is 0. The van der Waals surface area contributed by atoms with Gasteiger partial charge in [-0.2, -0.15) is 0 Å². The molecule has 0 spiro atoms. The third kappa shape index (κ3) is 1.84. The van der Waals surface area contributed by atoms with Crippen molar-refractivity contribution >= 4 is 27.1 Å². The first kappa shape index (κ1) is 10.8. The molecule has 0 aliphatic carbocycles. The number of anilines is 1. The van der Waals surface area contributed by atoms with Crippen molar-refractivity contribution in [2.45, 2.75) is 24.8 Å². The highest BCUT2D eigenvalue weighted by atomic mass is 35.5. The van der Waals surface area contributed by atoms with Crippen molar-refractivity contribution in [3.8, 4) is 0 Å². The van der Waals surface area contributed by atoms with E-state index in [-0.39, 0.29) is 11.8 Å². The highest BCUT2D eigenvalue weighted by molar-refractivity contribution is 7.91. The minimum Gasteiger partial charge on any atom is -0.379 e. The molecule has 5 heteroatoms. The molecular weight excluding hydrogens is 234 g/mol. The van der Waals surface area contributed by atoms with Gasteiger partial charge in [0.05, 0.1) is 21.4 Å². The number of benzene rings is 1. The van der Waals surface area contributed by atoms with Gasteiger partial charge in [0.15, 0.2) is 9.84 Å². The molecule has 0 radical (unpaired) electrons. The fourth-order valence-electron chi connectivity index (χ4n) is 1.80. The van der Waals surface area contributed by atoms with Crippen LogP contribution in [0.25, 0.3) is 0 Å². The maximum Gasteiger partial charge on any atom is 0.182 e. The minimum absolute atomic E-state index is 0.0947. The number of hydrogen-bond donors (Lipinski definition) is 1. The van der Waals surface area contributed by atoms with Crippen LogP contribution in [0.3, 0.4) is 0 Å². The number of hydrogen-bond acceptors (Lipinski definition) is 3. The Hall–Kier alpha value is -0.740. The first-order valence-corrected chi connectivity index (χ1v) is 6.72. The van der Waals surface area contributed by atoms with Gasteiger partial charge in [0.2, 0.25) is 0 Å². The molecule has 1 aromatic rings. The predicted octanol–water partition coefficient (Wildman–Crippen LogP) is 2.24. The van der Waals surface area contributed by atoms with Gasteiger partial charge in [-0.15, -0.1) is 0 Å². The lowest BCUT2D eigenvalue weighted by atomic mass is 10.2. The molecule has 1 aliphatic heterocycles. The highest BCUT2D eigenvalue weighted by Gasteiger charge is 2.29. The fraction of sp³-hybridized carbons (Fsp3) is 0.400. The summed E-state index contributed by atoms with van der Waals surface area (Å²) >= 11 is 6.01. The summed E-state index contributed by atoms with van der Waals surface area (Å²) < 4.78 is 23.8. The van der Waals surface area contributed by atoms with E-state index < -0.39 is 9.84 Å². The van der Waals surface area contributed by atoms with Crippen LogP contribution in [0.2, 0.25) is 5.02 Å². The van der Waals surface area contributed by atoms with Gasteiger partial charge in [-0.25, -0.2) is 8.42 Å². The molecule has 0 fully saturated rings. The normalized spacial score (nSPS) is 23.0. The molecule has 2 rings (SSSR count). The molecule has 82 valence electrons. The van der Waals surface area contributed by atoms with Gasteiger partial charge in [0.25, 0.3) is 0 Å². The first-order valence-electron chi connectivity index (χ1n) is 4.69. The van der Waals surface area contributed by atoms with Crippen LogP contribution in [0.4, 0.5) is 5.69 Å². The average molecular weight is 246 g/mol. The van der Waals surface area contributed by atoms with Gasteiger partial charge in [-0.1, -0.05) is 11.6 Å². The molecule has 1 atom stereocenters. The molecule has 15 heavy (non-hydrogen) atoms. The Balaban J connectivity index is 2.73. The van der Waals surface area contributed by atoms with Crippen molar-refractivity contribution in [1.29, 1.82) is 0 Å². The fourth-order valence-corrected chi connectivity index (χ4v) is 3.95. The summed E-state index contributed by atoms with van der Waals surface area (Å²) in [5, 5.41) is 3.57. The maximum absolute atomic E-state index is 11.9. The minimum atomic E-state index is -3.18. The van der Waals surface area contributed by atoms with Gasteiger partial charge in [-0.3, -0.25) is 0 Å². The first-order chi connectivity index (χ1) is 6.90. The Kier molecular flexibility index (Phi) is 2.43. The van der Waals surface area contributed by atoms with Gasteiger partial charge >= 0.3 is 0 Å².